The predicted octanol–water partition coefficient (Wildman–Crippen LogP) is 8.56. The fourth-order valence-electron chi connectivity index (χ4n) is 2.36. The van der Waals surface area contributed by atoms with E-state index in [1.165, 1.54) is 64.2 Å². The van der Waals surface area contributed by atoms with E-state index in [1.54, 1.807) is 0 Å². The highest BCUT2D eigenvalue weighted by atomic mass is 35.5. The maximum atomic E-state index is 9.20. The summed E-state index contributed by atoms with van der Waals surface area (Å²) in [5.74, 6) is -0.363. The van der Waals surface area contributed by atoms with Crippen LogP contribution in [0.5, 0.6) is 5.75 Å². The lowest BCUT2D eigenvalue weighted by Gasteiger charge is -2.06. The van der Waals surface area contributed by atoms with Crippen LogP contribution in [0.4, 0.5) is 0 Å². The Bertz CT molecular complexity index is 338. The van der Waals surface area contributed by atoms with Gasteiger partial charge in [0.2, 0.25) is 0 Å². The molecule has 0 heterocycles. The first kappa shape index (κ1) is 20.5. The van der Waals surface area contributed by atoms with Gasteiger partial charge in [0.25, 0.3) is 0 Å². The minimum absolute atomic E-state index is 0.00904. The average molecular weight is 407 g/mol. The Balaban J connectivity index is 0.000000224. The van der Waals surface area contributed by atoms with E-state index in [0.717, 1.165) is 0 Å². The molecule has 0 radical (unpaired) electrons. The molecule has 1 saturated carbocycles. The number of aromatic hydroxyl groups is 1. The summed E-state index contributed by atoms with van der Waals surface area (Å²) in [7, 11) is 0. The van der Waals surface area contributed by atoms with Crippen LogP contribution in [0.2, 0.25) is 25.1 Å². The molecule has 1 aliphatic rings. The largest absolute Gasteiger partial charge is 0.505 e. The Morgan fingerprint density at radius 1 is 0.409 bits per heavy atom. The van der Waals surface area contributed by atoms with E-state index in [2.05, 4.69) is 0 Å². The van der Waals surface area contributed by atoms with Gasteiger partial charge in [-0.2, -0.15) is 0 Å². The van der Waals surface area contributed by atoms with Crippen LogP contribution in [0.1, 0.15) is 64.2 Å². The number of rotatable bonds is 0. The van der Waals surface area contributed by atoms with E-state index in [4.69, 9.17) is 58.0 Å². The zero-order valence-corrected chi connectivity index (χ0v) is 16.2. The van der Waals surface area contributed by atoms with Gasteiger partial charge in [0.15, 0.2) is 5.75 Å². The maximum absolute atomic E-state index is 9.20. The molecular formula is C16H21Cl5O. The van der Waals surface area contributed by atoms with E-state index in [1.807, 2.05) is 0 Å². The van der Waals surface area contributed by atoms with Gasteiger partial charge in [-0.3, -0.25) is 0 Å². The third kappa shape index (κ3) is 6.53. The molecule has 0 saturated heterocycles. The first-order chi connectivity index (χ1) is 10.5. The van der Waals surface area contributed by atoms with Crippen molar-refractivity contribution in [3.8, 4) is 5.75 Å². The molecule has 22 heavy (non-hydrogen) atoms. The predicted molar refractivity (Wildman–Crippen MR) is 99.3 cm³/mol. The Labute approximate surface area is 157 Å². The quantitative estimate of drug-likeness (QED) is 0.338. The van der Waals surface area contributed by atoms with E-state index in [-0.39, 0.29) is 30.9 Å². The molecule has 6 heteroatoms. The maximum Gasteiger partial charge on any atom is 0.155 e. The van der Waals surface area contributed by atoms with Gasteiger partial charge in [-0.25, -0.2) is 0 Å². The Morgan fingerprint density at radius 2 is 0.591 bits per heavy atom. The normalized spacial score (nSPS) is 16.6. The lowest BCUT2D eigenvalue weighted by Crippen LogP contribution is -1.85. The molecule has 1 aromatic carbocycles. The van der Waals surface area contributed by atoms with Gasteiger partial charge < -0.3 is 5.11 Å². The summed E-state index contributed by atoms with van der Waals surface area (Å²) in [6, 6.07) is 0. The molecular weight excluding hydrogens is 385 g/mol. The van der Waals surface area contributed by atoms with Gasteiger partial charge in [0.05, 0.1) is 15.1 Å². The third-order valence-electron chi connectivity index (χ3n) is 3.69. The van der Waals surface area contributed by atoms with Crippen molar-refractivity contribution in [3.05, 3.63) is 25.1 Å². The number of halogens is 5. The molecule has 0 atom stereocenters. The first-order valence-corrected chi connectivity index (χ1v) is 9.56. The standard InChI is InChI=1S/C10H20.C6HCl5O/c1-2-4-6-8-10-9-7-5-3-1;7-1-2(8)4(10)6(12)5(11)3(1)9/h1-10H2;12H. The van der Waals surface area contributed by atoms with Crippen LogP contribution in [0.3, 0.4) is 0 Å². The minimum atomic E-state index is -0.363. The van der Waals surface area contributed by atoms with Gasteiger partial charge in [-0.05, 0) is 0 Å². The summed E-state index contributed by atoms with van der Waals surface area (Å²) in [6.45, 7) is 0. The number of phenolic OH excluding ortho intramolecular Hbond substituents is 1. The fourth-order valence-corrected chi connectivity index (χ4v) is 3.49. The van der Waals surface area contributed by atoms with E-state index >= 15 is 0 Å². The third-order valence-corrected chi connectivity index (χ3v) is 5.94. The summed E-state index contributed by atoms with van der Waals surface area (Å²) in [6.07, 6.45) is 15.0. The zero-order chi connectivity index (χ0) is 16.5. The van der Waals surface area contributed by atoms with Crippen molar-refractivity contribution in [1.29, 1.82) is 0 Å². The highest BCUT2D eigenvalue weighted by Gasteiger charge is 2.18. The lowest BCUT2D eigenvalue weighted by molar-refractivity contribution is 0.476. The van der Waals surface area contributed by atoms with E-state index in [0.29, 0.717) is 0 Å². The lowest BCUT2D eigenvalue weighted by atomic mass is 10.0. The average Bonchev–Trinajstić information content (AvgIpc) is 2.55. The summed E-state index contributed by atoms with van der Waals surface area (Å²) >= 11 is 27.9. The van der Waals surface area contributed by atoms with Gasteiger partial charge >= 0.3 is 0 Å². The van der Waals surface area contributed by atoms with Crippen LogP contribution in [-0.2, 0) is 0 Å². The molecule has 0 unspecified atom stereocenters. The molecule has 1 nitrogen and oxygen atoms in total. The van der Waals surface area contributed by atoms with Gasteiger partial charge in [0, 0.05) is 0 Å². The van der Waals surface area contributed by atoms with Gasteiger partial charge in [-0.15, -0.1) is 0 Å². The Kier molecular flexibility index (Phi) is 10.3. The van der Waals surface area contributed by atoms with Gasteiger partial charge in [-0.1, -0.05) is 122 Å². The summed E-state index contributed by atoms with van der Waals surface area (Å²) in [5.41, 5.74) is 0. The van der Waals surface area contributed by atoms with Crippen molar-refractivity contribution in [2.45, 2.75) is 64.2 Å². The van der Waals surface area contributed by atoms with Crippen LogP contribution in [-0.4, -0.2) is 5.11 Å². The molecule has 1 fully saturated rings. The molecule has 1 aliphatic carbocycles. The molecule has 0 bridgehead atoms. The second-order valence-corrected chi connectivity index (χ2v) is 7.34. The molecule has 0 amide bonds. The smallest absolute Gasteiger partial charge is 0.155 e. The van der Waals surface area contributed by atoms with Crippen molar-refractivity contribution >= 4 is 58.0 Å². The van der Waals surface area contributed by atoms with E-state index < -0.39 is 0 Å². The Hall–Kier alpha value is 0.470. The van der Waals surface area contributed by atoms with Gasteiger partial charge in [0.1, 0.15) is 10.0 Å². The highest BCUT2D eigenvalue weighted by molar-refractivity contribution is 6.55. The number of phenols is 1. The second kappa shape index (κ2) is 11.1. The van der Waals surface area contributed by atoms with Crippen LogP contribution in [0.25, 0.3) is 0 Å². The fraction of sp³-hybridized carbons (Fsp3) is 0.625. The van der Waals surface area contributed by atoms with Crippen LogP contribution < -0.4 is 0 Å². The summed E-state index contributed by atoms with van der Waals surface area (Å²) < 4.78 is 0. The van der Waals surface area contributed by atoms with Crippen molar-refractivity contribution in [2.24, 2.45) is 0 Å². The second-order valence-electron chi connectivity index (χ2n) is 5.45. The number of benzene rings is 1. The van der Waals surface area contributed by atoms with Crippen LogP contribution in [0.15, 0.2) is 0 Å². The summed E-state index contributed by atoms with van der Waals surface area (Å²) in [5, 5.41) is 9.01. The summed E-state index contributed by atoms with van der Waals surface area (Å²) in [4.78, 5) is 0. The molecule has 1 aromatic rings. The van der Waals surface area contributed by atoms with Crippen molar-refractivity contribution < 1.29 is 5.11 Å². The number of hydrogen-bond donors (Lipinski definition) is 1. The Morgan fingerprint density at radius 3 is 0.818 bits per heavy atom. The highest BCUT2D eigenvalue weighted by Crippen LogP contribution is 2.47. The number of hydrogen-bond acceptors (Lipinski definition) is 1. The van der Waals surface area contributed by atoms with Crippen LogP contribution >= 0.6 is 58.0 Å². The first-order valence-electron chi connectivity index (χ1n) is 7.67. The molecule has 0 spiro atoms. The minimum Gasteiger partial charge on any atom is -0.505 e. The molecule has 126 valence electrons. The molecule has 0 aromatic heterocycles. The monoisotopic (exact) mass is 404 g/mol. The van der Waals surface area contributed by atoms with E-state index in [9.17, 15) is 5.11 Å². The zero-order valence-electron chi connectivity index (χ0n) is 12.4. The van der Waals surface area contributed by atoms with Crippen molar-refractivity contribution in [1.82, 2.24) is 0 Å². The molecule has 2 rings (SSSR count). The molecule has 1 N–H and O–H groups in total. The molecule has 0 aliphatic heterocycles. The SMILES string of the molecule is C1CCCCCCCCC1.Oc1c(Cl)c(Cl)c(Cl)c(Cl)c1Cl. The van der Waals surface area contributed by atoms with Crippen molar-refractivity contribution in [3.63, 3.8) is 0 Å². The topological polar surface area (TPSA) is 20.2 Å². The van der Waals surface area contributed by atoms with Crippen LogP contribution in [0, 0.1) is 0 Å². The van der Waals surface area contributed by atoms with Crippen molar-refractivity contribution in [2.75, 3.05) is 0 Å².